The molecule has 1 aliphatic carbocycles. The maximum absolute atomic E-state index is 5.63. The van der Waals surface area contributed by atoms with Gasteiger partial charge in [0.25, 0.3) is 0 Å². The van der Waals surface area contributed by atoms with Crippen LogP contribution in [0.25, 0.3) is 10.2 Å². The summed E-state index contributed by atoms with van der Waals surface area (Å²) < 4.78 is 5.63. The predicted octanol–water partition coefficient (Wildman–Crippen LogP) is 4.98. The van der Waals surface area contributed by atoms with Crippen molar-refractivity contribution in [3.05, 3.63) is 76.8 Å². The average Bonchev–Trinajstić information content (AvgIpc) is 3.39. The zero-order valence-electron chi connectivity index (χ0n) is 14.4. The maximum Gasteiger partial charge on any atom is 0.141 e. The van der Waals surface area contributed by atoms with E-state index in [0.717, 1.165) is 29.4 Å². The van der Waals surface area contributed by atoms with Gasteiger partial charge >= 0.3 is 0 Å². The molecule has 0 radical (unpaired) electrons. The number of hydrogen-bond donors (Lipinski definition) is 0. The Bertz CT molecular complexity index is 1020. The van der Waals surface area contributed by atoms with Crippen LogP contribution in [0.1, 0.15) is 28.2 Å². The van der Waals surface area contributed by atoms with Crippen LogP contribution in [-0.2, 0) is 25.9 Å². The molecule has 4 aromatic rings. The molecule has 5 rings (SSSR count). The van der Waals surface area contributed by atoms with E-state index in [2.05, 4.69) is 40.2 Å². The molecule has 26 heavy (non-hydrogen) atoms. The molecule has 1 aromatic carbocycles. The molecule has 0 fully saturated rings. The number of furan rings is 1. The zero-order chi connectivity index (χ0) is 17.3. The van der Waals surface area contributed by atoms with Gasteiger partial charge in [-0.05, 0) is 42.5 Å². The molecule has 0 N–H and O–H groups in total. The lowest BCUT2D eigenvalue weighted by Crippen LogP contribution is -2.23. The molecule has 0 unspecified atom stereocenters. The monoisotopic (exact) mass is 361 g/mol. The van der Waals surface area contributed by atoms with E-state index in [0.29, 0.717) is 6.54 Å². The molecule has 0 aliphatic heterocycles. The lowest BCUT2D eigenvalue weighted by Gasteiger charge is -2.24. The second-order valence-electron chi connectivity index (χ2n) is 6.66. The van der Waals surface area contributed by atoms with Gasteiger partial charge in [0.1, 0.15) is 22.7 Å². The third-order valence-electron chi connectivity index (χ3n) is 4.92. The summed E-state index contributed by atoms with van der Waals surface area (Å²) in [6.45, 7) is 1.48. The van der Waals surface area contributed by atoms with Crippen LogP contribution in [0.5, 0.6) is 0 Å². The van der Waals surface area contributed by atoms with E-state index in [1.54, 1.807) is 12.6 Å². The number of nitrogens with zero attached hydrogens (tertiary/aromatic N) is 3. The number of aryl methyl sites for hydroxylation is 2. The summed E-state index contributed by atoms with van der Waals surface area (Å²) in [6.07, 6.45) is 6.97. The van der Waals surface area contributed by atoms with Gasteiger partial charge in [0.05, 0.1) is 18.2 Å². The van der Waals surface area contributed by atoms with Crippen LogP contribution in [0, 0.1) is 0 Å². The third kappa shape index (κ3) is 2.78. The second kappa shape index (κ2) is 6.57. The number of anilines is 1. The normalized spacial score (nSPS) is 13.2. The molecule has 0 spiro atoms. The molecule has 5 heteroatoms. The molecular formula is C21H19N3OS. The van der Waals surface area contributed by atoms with Crippen molar-refractivity contribution in [3.8, 4) is 0 Å². The largest absolute Gasteiger partial charge is 0.467 e. The van der Waals surface area contributed by atoms with E-state index >= 15 is 0 Å². The number of thiophene rings is 1. The van der Waals surface area contributed by atoms with Crippen LogP contribution in [0.2, 0.25) is 0 Å². The first-order chi connectivity index (χ1) is 12.9. The summed E-state index contributed by atoms with van der Waals surface area (Å²) >= 11 is 1.83. The highest BCUT2D eigenvalue weighted by molar-refractivity contribution is 7.19. The van der Waals surface area contributed by atoms with E-state index in [4.69, 9.17) is 9.40 Å². The molecule has 1 aliphatic rings. The lowest BCUT2D eigenvalue weighted by atomic mass is 10.1. The van der Waals surface area contributed by atoms with E-state index in [9.17, 15) is 0 Å². The first-order valence-electron chi connectivity index (χ1n) is 8.95. The number of aromatic nitrogens is 2. The Morgan fingerprint density at radius 3 is 2.77 bits per heavy atom. The van der Waals surface area contributed by atoms with E-state index < -0.39 is 0 Å². The Morgan fingerprint density at radius 1 is 1.00 bits per heavy atom. The molecule has 0 bridgehead atoms. The molecule has 130 valence electrons. The van der Waals surface area contributed by atoms with Crippen LogP contribution in [-0.4, -0.2) is 9.97 Å². The summed E-state index contributed by atoms with van der Waals surface area (Å²) in [5.74, 6) is 1.97. The van der Waals surface area contributed by atoms with Crippen molar-refractivity contribution in [1.29, 1.82) is 0 Å². The van der Waals surface area contributed by atoms with Gasteiger partial charge in [-0.3, -0.25) is 0 Å². The van der Waals surface area contributed by atoms with Crippen molar-refractivity contribution in [2.24, 2.45) is 0 Å². The summed E-state index contributed by atoms with van der Waals surface area (Å²) in [5.41, 5.74) is 2.72. The van der Waals surface area contributed by atoms with Crippen LogP contribution in [0.15, 0.2) is 59.5 Å². The van der Waals surface area contributed by atoms with Crippen molar-refractivity contribution in [1.82, 2.24) is 9.97 Å². The van der Waals surface area contributed by atoms with E-state index in [1.165, 1.54) is 34.2 Å². The first kappa shape index (κ1) is 15.6. The Labute approximate surface area is 156 Å². The van der Waals surface area contributed by atoms with Crippen LogP contribution < -0.4 is 4.90 Å². The minimum absolute atomic E-state index is 0.693. The quantitative estimate of drug-likeness (QED) is 0.503. The third-order valence-corrected chi connectivity index (χ3v) is 6.12. The second-order valence-corrected chi connectivity index (χ2v) is 7.74. The average molecular weight is 361 g/mol. The summed E-state index contributed by atoms with van der Waals surface area (Å²) in [5, 5.41) is 1.24. The van der Waals surface area contributed by atoms with Gasteiger partial charge in [0, 0.05) is 11.4 Å². The van der Waals surface area contributed by atoms with Crippen molar-refractivity contribution < 1.29 is 4.42 Å². The predicted molar refractivity (Wildman–Crippen MR) is 104 cm³/mol. The zero-order valence-corrected chi connectivity index (χ0v) is 15.2. The fourth-order valence-corrected chi connectivity index (χ4v) is 4.98. The highest BCUT2D eigenvalue weighted by Gasteiger charge is 2.24. The van der Waals surface area contributed by atoms with Gasteiger partial charge in [-0.15, -0.1) is 11.3 Å². The first-order valence-corrected chi connectivity index (χ1v) is 9.76. The minimum Gasteiger partial charge on any atom is -0.467 e. The Hall–Kier alpha value is -2.66. The maximum atomic E-state index is 5.63. The van der Waals surface area contributed by atoms with Gasteiger partial charge in [0.15, 0.2) is 0 Å². The molecular weight excluding hydrogens is 342 g/mol. The van der Waals surface area contributed by atoms with Crippen molar-refractivity contribution in [3.63, 3.8) is 0 Å². The standard InChI is InChI=1S/C21H19N3OS/c1-2-6-15(7-3-1)12-24(13-16-8-5-11-25-16)20-19-17-9-4-10-18(17)26-21(19)23-14-22-20/h1-3,5-8,11,14H,4,9-10,12-13H2. The van der Waals surface area contributed by atoms with E-state index in [1.807, 2.05) is 23.5 Å². The number of hydrogen-bond acceptors (Lipinski definition) is 5. The molecule has 0 amide bonds. The summed E-state index contributed by atoms with van der Waals surface area (Å²) in [6, 6.07) is 14.5. The van der Waals surface area contributed by atoms with Gasteiger partial charge in [-0.1, -0.05) is 30.3 Å². The number of benzene rings is 1. The molecule has 0 saturated carbocycles. The molecule has 4 nitrogen and oxygen atoms in total. The smallest absolute Gasteiger partial charge is 0.141 e. The Morgan fingerprint density at radius 2 is 1.92 bits per heavy atom. The molecule has 3 aromatic heterocycles. The van der Waals surface area contributed by atoms with Gasteiger partial charge in [-0.2, -0.15) is 0 Å². The fourth-order valence-electron chi connectivity index (χ4n) is 3.75. The van der Waals surface area contributed by atoms with Crippen molar-refractivity contribution in [2.75, 3.05) is 4.90 Å². The van der Waals surface area contributed by atoms with Gasteiger partial charge in [-0.25, -0.2) is 9.97 Å². The Kier molecular flexibility index (Phi) is 3.94. The fraction of sp³-hybridized carbons (Fsp3) is 0.238. The molecule has 0 saturated heterocycles. The van der Waals surface area contributed by atoms with Gasteiger partial charge < -0.3 is 9.32 Å². The number of fused-ring (bicyclic) bond motifs is 3. The highest BCUT2D eigenvalue weighted by atomic mass is 32.1. The van der Waals surface area contributed by atoms with Crippen molar-refractivity contribution in [2.45, 2.75) is 32.4 Å². The number of rotatable bonds is 5. The lowest BCUT2D eigenvalue weighted by molar-refractivity contribution is 0.501. The summed E-state index contributed by atoms with van der Waals surface area (Å²) in [7, 11) is 0. The van der Waals surface area contributed by atoms with Crippen LogP contribution in [0.3, 0.4) is 0 Å². The topological polar surface area (TPSA) is 42.2 Å². The van der Waals surface area contributed by atoms with Crippen molar-refractivity contribution >= 4 is 27.4 Å². The SMILES string of the molecule is c1ccc(CN(Cc2ccco2)c2ncnc3sc4c(c23)CCC4)cc1. The van der Waals surface area contributed by atoms with Gasteiger partial charge in [0.2, 0.25) is 0 Å². The highest BCUT2D eigenvalue weighted by Crippen LogP contribution is 2.40. The Balaban J connectivity index is 1.61. The molecule has 0 atom stereocenters. The van der Waals surface area contributed by atoms with Crippen LogP contribution >= 0.6 is 11.3 Å². The van der Waals surface area contributed by atoms with Crippen LogP contribution in [0.4, 0.5) is 5.82 Å². The summed E-state index contributed by atoms with van der Waals surface area (Å²) in [4.78, 5) is 14.2. The minimum atomic E-state index is 0.693. The molecule has 3 heterocycles. The van der Waals surface area contributed by atoms with E-state index in [-0.39, 0.29) is 0 Å².